The molecule has 41 heavy (non-hydrogen) atoms. The van der Waals surface area contributed by atoms with Gasteiger partial charge in [0.25, 0.3) is 11.8 Å². The van der Waals surface area contributed by atoms with E-state index in [0.717, 1.165) is 5.69 Å². The van der Waals surface area contributed by atoms with Gasteiger partial charge in [-0.3, -0.25) is 19.4 Å². The zero-order chi connectivity index (χ0) is 28.9. The van der Waals surface area contributed by atoms with Crippen molar-refractivity contribution in [3.05, 3.63) is 82.6 Å². The number of pyridine rings is 2. The molecular weight excluding hydrogens is 551 g/mol. The van der Waals surface area contributed by atoms with E-state index in [1.807, 2.05) is 6.92 Å². The number of carbonyl (C=O) groups is 2. The maximum atomic E-state index is 13.3. The first-order valence-corrected chi connectivity index (χ1v) is 13.6. The average molecular weight is 581 g/mol. The Morgan fingerprint density at radius 2 is 1.80 bits per heavy atom. The molecule has 0 radical (unpaired) electrons. The molecule has 5 rings (SSSR count). The lowest BCUT2D eigenvalue weighted by Gasteiger charge is -2.37. The van der Waals surface area contributed by atoms with E-state index in [2.05, 4.69) is 30.5 Å². The molecule has 1 aromatic carbocycles. The third-order valence-corrected chi connectivity index (χ3v) is 7.11. The number of hydrazine groups is 1. The highest BCUT2D eigenvalue weighted by atomic mass is 35.5. The van der Waals surface area contributed by atoms with Crippen LogP contribution in [0.15, 0.2) is 54.9 Å². The Bertz CT molecular complexity index is 1550. The van der Waals surface area contributed by atoms with Crippen molar-refractivity contribution in [3.8, 4) is 5.88 Å². The average Bonchev–Trinajstić information content (AvgIpc) is 3.37. The number of piperazine rings is 1. The van der Waals surface area contributed by atoms with E-state index < -0.39 is 5.91 Å². The molecule has 1 aliphatic heterocycles. The first kappa shape index (κ1) is 28.1. The number of nitrogens with one attached hydrogen (secondary N) is 2. The van der Waals surface area contributed by atoms with Gasteiger partial charge in [0.05, 0.1) is 34.7 Å². The molecule has 0 aliphatic carbocycles. The molecule has 0 unspecified atom stereocenters. The molecule has 3 aromatic heterocycles. The fourth-order valence-corrected chi connectivity index (χ4v) is 5.00. The lowest BCUT2D eigenvalue weighted by Crippen LogP contribution is -2.47. The Kier molecular flexibility index (Phi) is 8.50. The summed E-state index contributed by atoms with van der Waals surface area (Å²) in [7, 11) is 0. The maximum Gasteiger partial charge on any atom is 0.270 e. The quantitative estimate of drug-likeness (QED) is 0.119. The van der Waals surface area contributed by atoms with Gasteiger partial charge in [-0.25, -0.2) is 20.2 Å². The van der Waals surface area contributed by atoms with Gasteiger partial charge >= 0.3 is 0 Å². The Morgan fingerprint density at radius 3 is 2.51 bits per heavy atom. The first-order valence-electron chi connectivity index (χ1n) is 13.2. The summed E-state index contributed by atoms with van der Waals surface area (Å²) in [5.74, 6) is 4.63. The van der Waals surface area contributed by atoms with Crippen LogP contribution in [0.4, 0.5) is 15.8 Å². The minimum Gasteiger partial charge on any atom is -0.476 e. The molecule has 1 saturated heterocycles. The number of hydrogen-bond acceptors (Lipinski definition) is 8. The van der Waals surface area contributed by atoms with Gasteiger partial charge in [0.2, 0.25) is 5.88 Å². The van der Waals surface area contributed by atoms with Crippen molar-refractivity contribution >= 4 is 40.4 Å². The van der Waals surface area contributed by atoms with E-state index in [9.17, 15) is 14.0 Å². The first-order chi connectivity index (χ1) is 19.9. The van der Waals surface area contributed by atoms with E-state index >= 15 is 0 Å². The van der Waals surface area contributed by atoms with Crippen LogP contribution >= 0.6 is 11.6 Å². The van der Waals surface area contributed by atoms with Crippen LogP contribution in [0.25, 0.3) is 5.65 Å². The van der Waals surface area contributed by atoms with Crippen molar-refractivity contribution in [1.82, 2.24) is 25.1 Å². The van der Waals surface area contributed by atoms with Crippen LogP contribution in [0.1, 0.15) is 33.5 Å². The Hall–Kier alpha value is -4.42. The Labute approximate surface area is 241 Å². The number of hydrogen-bond donors (Lipinski definition) is 3. The second-order valence-corrected chi connectivity index (χ2v) is 9.84. The van der Waals surface area contributed by atoms with Gasteiger partial charge in [0, 0.05) is 44.1 Å². The molecule has 4 N–H and O–H groups in total. The van der Waals surface area contributed by atoms with Crippen LogP contribution in [0.3, 0.4) is 0 Å². The Balaban J connectivity index is 1.21. The van der Waals surface area contributed by atoms with Crippen molar-refractivity contribution in [2.24, 2.45) is 5.84 Å². The number of benzene rings is 1. The third-order valence-electron chi connectivity index (χ3n) is 6.89. The number of amides is 2. The molecule has 13 heteroatoms. The predicted octanol–water partition coefficient (Wildman–Crippen LogP) is 2.82. The summed E-state index contributed by atoms with van der Waals surface area (Å²) in [4.78, 5) is 38.7. The summed E-state index contributed by atoms with van der Waals surface area (Å²) in [5.41, 5.74) is 5.81. The molecule has 4 aromatic rings. The summed E-state index contributed by atoms with van der Waals surface area (Å²) in [6.07, 6.45) is 3.83. The SMILES string of the molecule is CCc1nc2ccc(Cl)cn2c1C(=O)NCCOc1cc(C(=O)NN)c(N2CCN(c3ccc(F)cc3)CC2)cn1. The number of anilines is 2. The number of rotatable bonds is 9. The minimum absolute atomic E-state index is 0.122. The minimum atomic E-state index is -0.472. The monoisotopic (exact) mass is 580 g/mol. The second kappa shape index (κ2) is 12.4. The van der Waals surface area contributed by atoms with Gasteiger partial charge in [0.15, 0.2) is 0 Å². The van der Waals surface area contributed by atoms with Crippen molar-refractivity contribution in [1.29, 1.82) is 0 Å². The van der Waals surface area contributed by atoms with Crippen LogP contribution in [0.5, 0.6) is 5.88 Å². The van der Waals surface area contributed by atoms with Gasteiger partial charge in [-0.15, -0.1) is 0 Å². The number of nitrogens with zero attached hydrogens (tertiary/aromatic N) is 5. The highest BCUT2D eigenvalue weighted by molar-refractivity contribution is 6.30. The van der Waals surface area contributed by atoms with Gasteiger partial charge in [-0.05, 0) is 42.8 Å². The van der Waals surface area contributed by atoms with Crippen molar-refractivity contribution in [2.45, 2.75) is 13.3 Å². The molecule has 214 valence electrons. The van der Waals surface area contributed by atoms with Crippen molar-refractivity contribution in [2.75, 3.05) is 49.1 Å². The molecule has 11 nitrogen and oxygen atoms in total. The van der Waals surface area contributed by atoms with E-state index in [-0.39, 0.29) is 30.8 Å². The number of nitrogen functional groups attached to an aromatic ring is 1. The molecule has 2 amide bonds. The lowest BCUT2D eigenvalue weighted by molar-refractivity contribution is 0.0937. The number of carbonyl (C=O) groups excluding carboxylic acids is 2. The van der Waals surface area contributed by atoms with Crippen LogP contribution in [0, 0.1) is 5.82 Å². The molecule has 1 fully saturated rings. The van der Waals surface area contributed by atoms with Crippen molar-refractivity contribution in [3.63, 3.8) is 0 Å². The van der Waals surface area contributed by atoms with Crippen LogP contribution in [-0.2, 0) is 6.42 Å². The number of ether oxygens (including phenoxy) is 1. The second-order valence-electron chi connectivity index (χ2n) is 9.40. The fourth-order valence-electron chi connectivity index (χ4n) is 4.84. The zero-order valence-electron chi connectivity index (χ0n) is 22.4. The van der Waals surface area contributed by atoms with Gasteiger partial charge in [-0.1, -0.05) is 18.5 Å². The number of fused-ring (bicyclic) bond motifs is 1. The molecule has 0 saturated carbocycles. The molecule has 0 atom stereocenters. The Morgan fingerprint density at radius 1 is 1.07 bits per heavy atom. The maximum absolute atomic E-state index is 13.3. The van der Waals surface area contributed by atoms with E-state index in [1.165, 1.54) is 18.2 Å². The van der Waals surface area contributed by atoms with Crippen LogP contribution in [0.2, 0.25) is 5.02 Å². The standard InChI is InChI=1S/C28H30ClFN8O3/c1-2-22-26(38-17-18(29)3-8-24(38)34-22)28(40)32-9-14-41-25-15-21(27(39)35-31)23(16-33-25)37-12-10-36(11-13-37)20-6-4-19(30)5-7-20/h3-8,15-17H,2,9-14,31H2,1H3,(H,32,40)(H,35,39). The van der Waals surface area contributed by atoms with E-state index in [0.29, 0.717) is 65.9 Å². The van der Waals surface area contributed by atoms with Gasteiger partial charge < -0.3 is 19.9 Å². The molecule has 0 bridgehead atoms. The van der Waals surface area contributed by atoms with Crippen molar-refractivity contribution < 1.29 is 18.7 Å². The predicted molar refractivity (Wildman–Crippen MR) is 154 cm³/mol. The number of imidazole rings is 1. The zero-order valence-corrected chi connectivity index (χ0v) is 23.2. The lowest BCUT2D eigenvalue weighted by atomic mass is 10.1. The molecular formula is C28H30ClFN8O3. The topological polar surface area (TPSA) is 130 Å². The molecule has 0 spiro atoms. The number of aromatic nitrogens is 3. The third kappa shape index (κ3) is 6.18. The smallest absolute Gasteiger partial charge is 0.270 e. The highest BCUT2D eigenvalue weighted by Gasteiger charge is 2.23. The number of halogens is 2. The highest BCUT2D eigenvalue weighted by Crippen LogP contribution is 2.26. The molecule has 4 heterocycles. The summed E-state index contributed by atoms with van der Waals surface area (Å²) >= 11 is 6.13. The molecule has 1 aliphatic rings. The summed E-state index contributed by atoms with van der Waals surface area (Å²) in [5, 5.41) is 3.34. The van der Waals surface area contributed by atoms with Crippen LogP contribution < -0.4 is 31.1 Å². The van der Waals surface area contributed by atoms with Gasteiger partial charge in [0.1, 0.15) is 23.8 Å². The number of aryl methyl sites for hydroxylation is 1. The van der Waals surface area contributed by atoms with Crippen LogP contribution in [-0.4, -0.2) is 65.5 Å². The normalized spacial score (nSPS) is 13.4. The largest absolute Gasteiger partial charge is 0.476 e. The van der Waals surface area contributed by atoms with E-state index in [1.54, 1.807) is 41.1 Å². The summed E-state index contributed by atoms with van der Waals surface area (Å²) in [6, 6.07) is 11.4. The fraction of sp³-hybridized carbons (Fsp3) is 0.286. The summed E-state index contributed by atoms with van der Waals surface area (Å²) < 4.78 is 20.7. The number of nitrogens with two attached hydrogens (primary N) is 1. The summed E-state index contributed by atoms with van der Waals surface area (Å²) in [6.45, 7) is 4.88. The van der Waals surface area contributed by atoms with E-state index in [4.69, 9.17) is 22.2 Å². The van der Waals surface area contributed by atoms with Gasteiger partial charge in [-0.2, -0.15) is 0 Å².